The molecule has 4 rings (SSSR count). The minimum atomic E-state index is 0.200. The number of likely N-dealkylation sites (tertiary alicyclic amines) is 1. The number of benzene rings is 1. The Bertz CT molecular complexity index is 973. The third-order valence-electron chi connectivity index (χ3n) is 5.55. The van der Waals surface area contributed by atoms with Gasteiger partial charge < -0.3 is 14.2 Å². The van der Waals surface area contributed by atoms with Crippen LogP contribution >= 0.6 is 0 Å². The molecule has 3 heterocycles. The second kappa shape index (κ2) is 9.52. The molecule has 0 aliphatic carbocycles. The smallest absolute Gasteiger partial charge is 0.276 e. The van der Waals surface area contributed by atoms with Gasteiger partial charge in [0.1, 0.15) is 11.4 Å². The number of hydrogen-bond donors (Lipinski definition) is 0. The molecule has 1 fully saturated rings. The molecular formula is C23H26N4O3. The first-order valence-corrected chi connectivity index (χ1v) is 10.4. The summed E-state index contributed by atoms with van der Waals surface area (Å²) in [6.07, 6.45) is 6.44. The van der Waals surface area contributed by atoms with E-state index in [2.05, 4.69) is 15.1 Å². The molecule has 3 aromatic rings. The lowest BCUT2D eigenvalue weighted by Crippen LogP contribution is -2.36. The average Bonchev–Trinajstić information content (AvgIpc) is 3.46. The number of pyridine rings is 1. The second-order valence-electron chi connectivity index (χ2n) is 7.46. The lowest BCUT2D eigenvalue weighted by atomic mass is 10.1. The van der Waals surface area contributed by atoms with E-state index in [9.17, 15) is 4.79 Å². The van der Waals surface area contributed by atoms with E-state index in [0.717, 1.165) is 37.1 Å². The minimum Gasteiger partial charge on any atom is -0.496 e. The number of nitrogens with zero attached hydrogens (tertiary/aromatic N) is 4. The van der Waals surface area contributed by atoms with Crippen LogP contribution < -0.4 is 4.74 Å². The van der Waals surface area contributed by atoms with E-state index in [-0.39, 0.29) is 11.9 Å². The molecule has 1 unspecified atom stereocenters. The molecule has 7 heteroatoms. The number of methoxy groups -OCH3 is 1. The first-order chi connectivity index (χ1) is 14.7. The van der Waals surface area contributed by atoms with E-state index >= 15 is 0 Å². The standard InChI is InChI=1S/C23H26N4O3/c1-29-20-10-3-2-7-17(20)11-14-22(28)27-16-6-8-18(27)12-13-21-25-23(30-26-21)19-9-4-5-15-24-19/h2-5,7,9-10,15,18H,6,8,11-14,16H2,1H3. The summed E-state index contributed by atoms with van der Waals surface area (Å²) in [5, 5.41) is 4.08. The normalized spacial score (nSPS) is 16.0. The highest BCUT2D eigenvalue weighted by molar-refractivity contribution is 5.77. The molecule has 0 N–H and O–H groups in total. The van der Waals surface area contributed by atoms with E-state index in [1.165, 1.54) is 0 Å². The third kappa shape index (κ3) is 4.67. The van der Waals surface area contributed by atoms with Crippen molar-refractivity contribution in [2.24, 2.45) is 0 Å². The molecule has 0 radical (unpaired) electrons. The first-order valence-electron chi connectivity index (χ1n) is 10.4. The van der Waals surface area contributed by atoms with Gasteiger partial charge in [0.25, 0.3) is 5.89 Å². The molecule has 30 heavy (non-hydrogen) atoms. The zero-order valence-electron chi connectivity index (χ0n) is 17.2. The van der Waals surface area contributed by atoms with Crippen LogP contribution in [-0.2, 0) is 17.6 Å². The van der Waals surface area contributed by atoms with Crippen LogP contribution in [0.15, 0.2) is 53.2 Å². The van der Waals surface area contributed by atoms with Gasteiger partial charge in [0.05, 0.1) is 7.11 Å². The lowest BCUT2D eigenvalue weighted by Gasteiger charge is -2.24. The van der Waals surface area contributed by atoms with E-state index in [1.54, 1.807) is 13.3 Å². The number of hydrogen-bond acceptors (Lipinski definition) is 6. The van der Waals surface area contributed by atoms with Gasteiger partial charge in [0.2, 0.25) is 5.91 Å². The first kappa shape index (κ1) is 20.1. The molecular weight excluding hydrogens is 380 g/mol. The van der Waals surface area contributed by atoms with Crippen molar-refractivity contribution in [3.8, 4) is 17.3 Å². The summed E-state index contributed by atoms with van der Waals surface area (Å²) in [5.74, 6) is 2.13. The van der Waals surface area contributed by atoms with Gasteiger partial charge >= 0.3 is 0 Å². The quantitative estimate of drug-likeness (QED) is 0.567. The Hall–Kier alpha value is -3.22. The number of aryl methyl sites for hydroxylation is 2. The fraction of sp³-hybridized carbons (Fsp3) is 0.391. The Morgan fingerprint density at radius 1 is 1.20 bits per heavy atom. The topological polar surface area (TPSA) is 81.4 Å². The monoisotopic (exact) mass is 406 g/mol. The molecule has 0 bridgehead atoms. The highest BCUT2D eigenvalue weighted by Gasteiger charge is 2.28. The molecule has 1 saturated heterocycles. The van der Waals surface area contributed by atoms with Gasteiger partial charge in [-0.25, -0.2) is 0 Å². The number of ether oxygens (including phenoxy) is 1. The minimum absolute atomic E-state index is 0.200. The third-order valence-corrected chi connectivity index (χ3v) is 5.55. The van der Waals surface area contributed by atoms with Crippen molar-refractivity contribution < 1.29 is 14.1 Å². The summed E-state index contributed by atoms with van der Waals surface area (Å²) >= 11 is 0. The number of para-hydroxylation sites is 1. The SMILES string of the molecule is COc1ccccc1CCC(=O)N1CCCC1CCc1noc(-c2ccccn2)n1. The Kier molecular flexibility index (Phi) is 6.37. The fourth-order valence-corrected chi connectivity index (χ4v) is 4.00. The van der Waals surface area contributed by atoms with Crippen molar-refractivity contribution in [1.29, 1.82) is 0 Å². The molecule has 2 aromatic heterocycles. The summed E-state index contributed by atoms with van der Waals surface area (Å²) in [4.78, 5) is 23.6. The summed E-state index contributed by atoms with van der Waals surface area (Å²) in [6, 6.07) is 13.7. The van der Waals surface area contributed by atoms with Crippen LogP contribution in [0, 0.1) is 0 Å². The summed E-state index contributed by atoms with van der Waals surface area (Å²) < 4.78 is 10.7. The van der Waals surface area contributed by atoms with Crippen LogP contribution in [0.1, 0.15) is 37.1 Å². The maximum absolute atomic E-state index is 12.9. The molecule has 1 aliphatic heterocycles. The van der Waals surface area contributed by atoms with Gasteiger partial charge in [0, 0.05) is 31.6 Å². The van der Waals surface area contributed by atoms with E-state index in [0.29, 0.717) is 36.7 Å². The van der Waals surface area contributed by atoms with Crippen LogP contribution in [-0.4, -0.2) is 45.6 Å². The van der Waals surface area contributed by atoms with Crippen molar-refractivity contribution in [3.63, 3.8) is 0 Å². The number of rotatable bonds is 8. The van der Waals surface area contributed by atoms with Gasteiger partial charge in [0.15, 0.2) is 5.82 Å². The zero-order chi connectivity index (χ0) is 20.8. The van der Waals surface area contributed by atoms with Gasteiger partial charge in [-0.15, -0.1) is 0 Å². The van der Waals surface area contributed by atoms with E-state index in [1.807, 2.05) is 47.4 Å². The van der Waals surface area contributed by atoms with Crippen molar-refractivity contribution in [2.45, 2.75) is 44.6 Å². The van der Waals surface area contributed by atoms with Crippen LogP contribution in [0.3, 0.4) is 0 Å². The summed E-state index contributed by atoms with van der Waals surface area (Å²) in [6.45, 7) is 0.820. The summed E-state index contributed by atoms with van der Waals surface area (Å²) in [7, 11) is 1.66. The van der Waals surface area contributed by atoms with Crippen LogP contribution in [0.25, 0.3) is 11.6 Å². The molecule has 0 spiro atoms. The van der Waals surface area contributed by atoms with E-state index in [4.69, 9.17) is 9.26 Å². The van der Waals surface area contributed by atoms with Crippen LogP contribution in [0.2, 0.25) is 0 Å². The molecule has 1 atom stereocenters. The Morgan fingerprint density at radius 2 is 2.07 bits per heavy atom. The fourth-order valence-electron chi connectivity index (χ4n) is 4.00. The van der Waals surface area contributed by atoms with Gasteiger partial charge in [-0.3, -0.25) is 9.78 Å². The van der Waals surface area contributed by atoms with Gasteiger partial charge in [-0.2, -0.15) is 4.98 Å². The molecule has 7 nitrogen and oxygen atoms in total. The lowest BCUT2D eigenvalue weighted by molar-refractivity contribution is -0.132. The number of carbonyl (C=O) groups is 1. The molecule has 1 amide bonds. The molecule has 1 aromatic carbocycles. The number of amides is 1. The van der Waals surface area contributed by atoms with Gasteiger partial charge in [-0.1, -0.05) is 29.4 Å². The van der Waals surface area contributed by atoms with Gasteiger partial charge in [-0.05, 0) is 49.4 Å². The zero-order valence-corrected chi connectivity index (χ0v) is 17.2. The predicted molar refractivity (Wildman–Crippen MR) is 112 cm³/mol. The van der Waals surface area contributed by atoms with Crippen molar-refractivity contribution >= 4 is 5.91 Å². The average molecular weight is 406 g/mol. The maximum Gasteiger partial charge on any atom is 0.276 e. The summed E-state index contributed by atoms with van der Waals surface area (Å²) in [5.41, 5.74) is 1.74. The largest absolute Gasteiger partial charge is 0.496 e. The molecule has 1 aliphatic rings. The van der Waals surface area contributed by atoms with Crippen molar-refractivity contribution in [3.05, 3.63) is 60.0 Å². The number of carbonyl (C=O) groups excluding carboxylic acids is 1. The van der Waals surface area contributed by atoms with Crippen molar-refractivity contribution in [1.82, 2.24) is 20.0 Å². The molecule has 0 saturated carbocycles. The maximum atomic E-state index is 12.9. The highest BCUT2D eigenvalue weighted by Crippen LogP contribution is 2.25. The van der Waals surface area contributed by atoms with E-state index < -0.39 is 0 Å². The molecule has 156 valence electrons. The highest BCUT2D eigenvalue weighted by atomic mass is 16.5. The predicted octanol–water partition coefficient (Wildman–Crippen LogP) is 3.70. The Balaban J connectivity index is 1.31. The van der Waals surface area contributed by atoms with Crippen LogP contribution in [0.4, 0.5) is 0 Å². The van der Waals surface area contributed by atoms with Crippen molar-refractivity contribution in [2.75, 3.05) is 13.7 Å². The number of aromatic nitrogens is 3. The Morgan fingerprint density at radius 3 is 2.90 bits per heavy atom. The second-order valence-corrected chi connectivity index (χ2v) is 7.46. The van der Waals surface area contributed by atoms with Crippen LogP contribution in [0.5, 0.6) is 5.75 Å². The Labute approximate surface area is 176 Å².